The van der Waals surface area contributed by atoms with E-state index in [1.807, 2.05) is 0 Å². The van der Waals surface area contributed by atoms with Crippen LogP contribution in [0.2, 0.25) is 0 Å². The molecule has 0 saturated heterocycles. The standard InChI is InChI=1S/C52H36N2/c1-3-16-39(17-4-1)46-23-9-11-26-49(46)53(44-33-31-38(32-34-44)41-30-29-37-15-7-8-18-40(37)35-41)45-22-13-19-42(36-45)47-25-14-28-51-52(47)48-24-10-12-27-50(48)54(51)43-20-5-2-6-21-43/h1-36H. The molecule has 0 radical (unpaired) electrons. The lowest BCUT2D eigenvalue weighted by Crippen LogP contribution is -2.11. The molecule has 54 heavy (non-hydrogen) atoms. The smallest absolute Gasteiger partial charge is 0.0547 e. The van der Waals surface area contributed by atoms with E-state index in [4.69, 9.17) is 0 Å². The fourth-order valence-electron chi connectivity index (χ4n) is 8.06. The summed E-state index contributed by atoms with van der Waals surface area (Å²) >= 11 is 0. The van der Waals surface area contributed by atoms with E-state index in [9.17, 15) is 0 Å². The first kappa shape index (κ1) is 31.6. The van der Waals surface area contributed by atoms with Gasteiger partial charge < -0.3 is 9.47 Å². The fourth-order valence-corrected chi connectivity index (χ4v) is 8.06. The number of aromatic nitrogens is 1. The van der Waals surface area contributed by atoms with Gasteiger partial charge in [-0.3, -0.25) is 0 Å². The third-order valence-corrected chi connectivity index (χ3v) is 10.6. The van der Waals surface area contributed by atoms with Gasteiger partial charge in [0, 0.05) is 33.4 Å². The fraction of sp³-hybridized carbons (Fsp3) is 0. The van der Waals surface area contributed by atoms with E-state index in [1.165, 1.54) is 66.0 Å². The summed E-state index contributed by atoms with van der Waals surface area (Å²) in [5, 5.41) is 5.00. The van der Waals surface area contributed by atoms with Gasteiger partial charge in [0.05, 0.1) is 16.7 Å². The Kier molecular flexibility index (Phi) is 7.85. The Morgan fingerprint density at radius 2 is 0.963 bits per heavy atom. The van der Waals surface area contributed by atoms with Crippen molar-refractivity contribution >= 4 is 49.6 Å². The summed E-state index contributed by atoms with van der Waals surface area (Å²) in [5.41, 5.74) is 14.0. The van der Waals surface area contributed by atoms with Gasteiger partial charge in [-0.15, -0.1) is 0 Å². The molecule has 0 atom stereocenters. The lowest BCUT2D eigenvalue weighted by atomic mass is 9.97. The second kappa shape index (κ2) is 13.4. The highest BCUT2D eigenvalue weighted by atomic mass is 15.1. The Morgan fingerprint density at radius 1 is 0.333 bits per heavy atom. The molecule has 0 aliphatic rings. The van der Waals surface area contributed by atoms with Gasteiger partial charge in [0.25, 0.3) is 0 Å². The average Bonchev–Trinajstić information content (AvgIpc) is 3.59. The van der Waals surface area contributed by atoms with Crippen LogP contribution in [0.5, 0.6) is 0 Å². The van der Waals surface area contributed by atoms with Gasteiger partial charge >= 0.3 is 0 Å². The highest BCUT2D eigenvalue weighted by molar-refractivity contribution is 6.16. The number of nitrogens with zero attached hydrogens (tertiary/aromatic N) is 2. The van der Waals surface area contributed by atoms with Crippen LogP contribution < -0.4 is 4.90 Å². The normalized spacial score (nSPS) is 11.3. The Balaban J connectivity index is 1.15. The largest absolute Gasteiger partial charge is 0.310 e. The van der Waals surface area contributed by atoms with E-state index >= 15 is 0 Å². The van der Waals surface area contributed by atoms with Crippen molar-refractivity contribution < 1.29 is 0 Å². The van der Waals surface area contributed by atoms with Gasteiger partial charge in [-0.25, -0.2) is 0 Å². The molecule has 0 bridgehead atoms. The molecule has 1 heterocycles. The van der Waals surface area contributed by atoms with Crippen LogP contribution in [0.4, 0.5) is 17.1 Å². The maximum atomic E-state index is 2.41. The molecule has 10 rings (SSSR count). The molecular formula is C52H36N2. The lowest BCUT2D eigenvalue weighted by Gasteiger charge is -2.28. The monoisotopic (exact) mass is 688 g/mol. The van der Waals surface area contributed by atoms with Crippen LogP contribution in [0.25, 0.3) is 71.6 Å². The maximum Gasteiger partial charge on any atom is 0.0547 e. The molecule has 254 valence electrons. The van der Waals surface area contributed by atoms with Crippen LogP contribution in [0, 0.1) is 0 Å². The van der Waals surface area contributed by atoms with Crippen LogP contribution >= 0.6 is 0 Å². The third-order valence-electron chi connectivity index (χ3n) is 10.6. The summed E-state index contributed by atoms with van der Waals surface area (Å²) in [6, 6.07) is 78.9. The quantitative estimate of drug-likeness (QED) is 0.162. The molecule has 0 spiro atoms. The van der Waals surface area contributed by atoms with E-state index < -0.39 is 0 Å². The number of benzene rings is 9. The van der Waals surface area contributed by atoms with E-state index in [0.717, 1.165) is 22.7 Å². The first-order valence-corrected chi connectivity index (χ1v) is 18.5. The van der Waals surface area contributed by atoms with Gasteiger partial charge in [0.2, 0.25) is 0 Å². The van der Waals surface area contributed by atoms with Crippen LogP contribution in [0.3, 0.4) is 0 Å². The van der Waals surface area contributed by atoms with Crippen LogP contribution in [0.1, 0.15) is 0 Å². The predicted molar refractivity (Wildman–Crippen MR) is 229 cm³/mol. The van der Waals surface area contributed by atoms with E-state index in [1.54, 1.807) is 0 Å². The Morgan fingerprint density at radius 3 is 1.81 bits per heavy atom. The second-order valence-electron chi connectivity index (χ2n) is 13.8. The molecule has 2 nitrogen and oxygen atoms in total. The molecule has 0 N–H and O–H groups in total. The molecule has 0 saturated carbocycles. The van der Waals surface area contributed by atoms with Crippen molar-refractivity contribution in [3.63, 3.8) is 0 Å². The van der Waals surface area contributed by atoms with Gasteiger partial charge in [0.15, 0.2) is 0 Å². The van der Waals surface area contributed by atoms with Crippen molar-refractivity contribution in [3.05, 3.63) is 218 Å². The molecule has 0 aliphatic carbocycles. The number of fused-ring (bicyclic) bond motifs is 4. The zero-order valence-electron chi connectivity index (χ0n) is 29.7. The molecule has 0 amide bonds. The Labute approximate surface area is 315 Å². The van der Waals surface area contributed by atoms with Crippen molar-refractivity contribution in [2.45, 2.75) is 0 Å². The average molecular weight is 689 g/mol. The molecule has 1 aromatic heterocycles. The Hall–Kier alpha value is -7.16. The molecule has 0 unspecified atom stereocenters. The maximum absolute atomic E-state index is 2.41. The summed E-state index contributed by atoms with van der Waals surface area (Å²) < 4.78 is 2.39. The summed E-state index contributed by atoms with van der Waals surface area (Å²) in [4.78, 5) is 2.41. The molecule has 0 fully saturated rings. The summed E-state index contributed by atoms with van der Waals surface area (Å²) in [6.45, 7) is 0. The van der Waals surface area contributed by atoms with Gasteiger partial charge in [-0.2, -0.15) is 0 Å². The van der Waals surface area contributed by atoms with Gasteiger partial charge in [-0.05, 0) is 99.3 Å². The van der Waals surface area contributed by atoms with Crippen molar-refractivity contribution in [2.24, 2.45) is 0 Å². The highest BCUT2D eigenvalue weighted by Gasteiger charge is 2.20. The second-order valence-corrected chi connectivity index (χ2v) is 13.8. The zero-order chi connectivity index (χ0) is 35.8. The lowest BCUT2D eigenvalue weighted by molar-refractivity contribution is 1.18. The van der Waals surface area contributed by atoms with Crippen molar-refractivity contribution in [2.75, 3.05) is 4.90 Å². The topological polar surface area (TPSA) is 8.17 Å². The summed E-state index contributed by atoms with van der Waals surface area (Å²) in [5.74, 6) is 0. The molecule has 2 heteroatoms. The van der Waals surface area contributed by atoms with E-state index in [2.05, 4.69) is 228 Å². The predicted octanol–water partition coefficient (Wildman–Crippen LogP) is 14.4. The minimum absolute atomic E-state index is 1.10. The first-order chi connectivity index (χ1) is 26.8. The summed E-state index contributed by atoms with van der Waals surface area (Å²) in [6.07, 6.45) is 0. The summed E-state index contributed by atoms with van der Waals surface area (Å²) in [7, 11) is 0. The number of hydrogen-bond donors (Lipinski definition) is 0. The zero-order valence-corrected chi connectivity index (χ0v) is 29.7. The molecule has 9 aromatic carbocycles. The minimum Gasteiger partial charge on any atom is -0.310 e. The third kappa shape index (κ3) is 5.53. The number of anilines is 3. The van der Waals surface area contributed by atoms with Crippen LogP contribution in [-0.2, 0) is 0 Å². The van der Waals surface area contributed by atoms with Crippen LogP contribution in [-0.4, -0.2) is 4.57 Å². The van der Waals surface area contributed by atoms with Gasteiger partial charge in [-0.1, -0.05) is 158 Å². The Bertz CT molecular complexity index is 2920. The molecule has 10 aromatic rings. The first-order valence-electron chi connectivity index (χ1n) is 18.5. The van der Waals surface area contributed by atoms with Crippen molar-refractivity contribution in [3.8, 4) is 39.1 Å². The van der Waals surface area contributed by atoms with Crippen LogP contribution in [0.15, 0.2) is 218 Å². The number of rotatable bonds is 7. The van der Waals surface area contributed by atoms with Crippen molar-refractivity contribution in [1.29, 1.82) is 0 Å². The minimum atomic E-state index is 1.10. The van der Waals surface area contributed by atoms with Gasteiger partial charge in [0.1, 0.15) is 0 Å². The molecular weight excluding hydrogens is 653 g/mol. The SMILES string of the molecule is c1ccc(-c2ccccc2N(c2ccc(-c3ccc4ccccc4c3)cc2)c2cccc(-c3cccc4c3c3ccccc3n4-c3ccccc3)c2)cc1. The van der Waals surface area contributed by atoms with Crippen molar-refractivity contribution in [1.82, 2.24) is 4.57 Å². The number of hydrogen-bond acceptors (Lipinski definition) is 1. The van der Waals surface area contributed by atoms with E-state index in [0.29, 0.717) is 0 Å². The molecule has 0 aliphatic heterocycles. The highest BCUT2D eigenvalue weighted by Crippen LogP contribution is 2.44. The van der Waals surface area contributed by atoms with E-state index in [-0.39, 0.29) is 0 Å². The number of para-hydroxylation sites is 3.